The molecule has 146 valence electrons. The van der Waals surface area contributed by atoms with E-state index in [1.807, 2.05) is 12.1 Å². The van der Waals surface area contributed by atoms with Gasteiger partial charge in [-0.3, -0.25) is 9.80 Å². The third kappa shape index (κ3) is 5.26. The molecule has 0 saturated carbocycles. The molecular formula is C21H34FN3O. The first kappa shape index (κ1) is 19.7. The first-order chi connectivity index (χ1) is 12.7. The van der Waals surface area contributed by atoms with Gasteiger partial charge < -0.3 is 10.0 Å². The summed E-state index contributed by atoms with van der Waals surface area (Å²) in [6, 6.07) is 7.90. The summed E-state index contributed by atoms with van der Waals surface area (Å²) in [6.07, 6.45) is 4.59. The first-order valence-corrected chi connectivity index (χ1v) is 10.3. The van der Waals surface area contributed by atoms with E-state index in [9.17, 15) is 9.50 Å². The number of likely N-dealkylation sites (tertiary alicyclic amines) is 1. The molecule has 0 unspecified atom stereocenters. The molecule has 1 N–H and O–H groups in total. The molecule has 1 aromatic carbocycles. The van der Waals surface area contributed by atoms with Crippen LogP contribution in [0.1, 0.15) is 38.2 Å². The maximum Gasteiger partial charge on any atom is 0.123 e. The standard InChI is InChI=1S/C21H34FN3O/c1-2-10-23-11-7-20(8-12-23)25-14-13-24(21(17-25)9-15-26)16-18-3-5-19(22)6-4-18/h3-6,20-21,26H,2,7-17H2,1H3/t21-/m0/s1. The number of piperazine rings is 1. The maximum atomic E-state index is 13.1. The summed E-state index contributed by atoms with van der Waals surface area (Å²) in [5, 5.41) is 9.53. The van der Waals surface area contributed by atoms with E-state index in [1.54, 1.807) is 0 Å². The lowest BCUT2D eigenvalue weighted by Crippen LogP contribution is -2.57. The van der Waals surface area contributed by atoms with Crippen LogP contribution in [0.15, 0.2) is 24.3 Å². The average molecular weight is 364 g/mol. The second-order valence-electron chi connectivity index (χ2n) is 7.83. The van der Waals surface area contributed by atoms with Gasteiger partial charge in [0.1, 0.15) is 5.82 Å². The topological polar surface area (TPSA) is 30.0 Å². The molecule has 0 bridgehead atoms. The molecule has 0 amide bonds. The third-order valence-electron chi connectivity index (χ3n) is 6.01. The van der Waals surface area contributed by atoms with Crippen LogP contribution in [-0.2, 0) is 6.54 Å². The second kappa shape index (κ2) is 9.79. The van der Waals surface area contributed by atoms with Gasteiger partial charge in [0.2, 0.25) is 0 Å². The van der Waals surface area contributed by atoms with E-state index in [2.05, 4.69) is 21.6 Å². The van der Waals surface area contributed by atoms with E-state index in [4.69, 9.17) is 0 Å². The Balaban J connectivity index is 1.55. The molecule has 2 heterocycles. The van der Waals surface area contributed by atoms with Crippen molar-refractivity contribution < 1.29 is 9.50 Å². The molecule has 0 spiro atoms. The van der Waals surface area contributed by atoms with Crippen molar-refractivity contribution in [2.45, 2.75) is 51.2 Å². The highest BCUT2D eigenvalue weighted by Gasteiger charge is 2.32. The van der Waals surface area contributed by atoms with E-state index in [-0.39, 0.29) is 12.4 Å². The Bertz CT molecular complexity index is 531. The Labute approximate surface area is 157 Å². The van der Waals surface area contributed by atoms with Crippen LogP contribution in [-0.4, -0.2) is 77.8 Å². The van der Waals surface area contributed by atoms with Crippen molar-refractivity contribution in [3.63, 3.8) is 0 Å². The van der Waals surface area contributed by atoms with Crippen LogP contribution < -0.4 is 0 Å². The molecule has 3 rings (SSSR count). The molecule has 0 aromatic heterocycles. The minimum Gasteiger partial charge on any atom is -0.396 e. The molecule has 2 aliphatic rings. The van der Waals surface area contributed by atoms with Crippen LogP contribution in [0.2, 0.25) is 0 Å². The number of halogens is 1. The monoisotopic (exact) mass is 363 g/mol. The number of aliphatic hydroxyl groups excluding tert-OH is 1. The highest BCUT2D eigenvalue weighted by atomic mass is 19.1. The maximum absolute atomic E-state index is 13.1. The lowest BCUT2D eigenvalue weighted by Gasteiger charge is -2.46. The zero-order valence-electron chi connectivity index (χ0n) is 16.1. The Kier molecular flexibility index (Phi) is 7.43. The number of piperidine rings is 1. The van der Waals surface area contributed by atoms with Gasteiger partial charge in [0.15, 0.2) is 0 Å². The summed E-state index contributed by atoms with van der Waals surface area (Å²) in [4.78, 5) is 7.71. The van der Waals surface area contributed by atoms with E-state index < -0.39 is 0 Å². The number of hydrogen-bond acceptors (Lipinski definition) is 4. The summed E-state index contributed by atoms with van der Waals surface area (Å²) in [5.74, 6) is -0.181. The van der Waals surface area contributed by atoms with Crippen LogP contribution in [0, 0.1) is 5.82 Å². The molecule has 26 heavy (non-hydrogen) atoms. The van der Waals surface area contributed by atoms with Gasteiger partial charge >= 0.3 is 0 Å². The summed E-state index contributed by atoms with van der Waals surface area (Å²) in [5.41, 5.74) is 1.15. The predicted octanol–water partition coefficient (Wildman–Crippen LogP) is 2.57. The molecule has 2 fully saturated rings. The third-order valence-corrected chi connectivity index (χ3v) is 6.01. The number of nitrogens with zero attached hydrogens (tertiary/aromatic N) is 3. The summed E-state index contributed by atoms with van der Waals surface area (Å²) >= 11 is 0. The molecule has 2 aliphatic heterocycles. The Morgan fingerprint density at radius 2 is 1.81 bits per heavy atom. The normalized spacial score (nSPS) is 24.2. The predicted molar refractivity (Wildman–Crippen MR) is 104 cm³/mol. The van der Waals surface area contributed by atoms with Gasteiger partial charge in [-0.2, -0.15) is 0 Å². The zero-order chi connectivity index (χ0) is 18.4. The quantitative estimate of drug-likeness (QED) is 0.806. The molecule has 1 atom stereocenters. The average Bonchev–Trinajstić information content (AvgIpc) is 2.66. The van der Waals surface area contributed by atoms with Gasteiger partial charge in [0.25, 0.3) is 0 Å². The van der Waals surface area contributed by atoms with Crippen molar-refractivity contribution in [3.8, 4) is 0 Å². The fourth-order valence-electron chi connectivity index (χ4n) is 4.53. The molecule has 4 nitrogen and oxygen atoms in total. The Morgan fingerprint density at radius 1 is 1.08 bits per heavy atom. The lowest BCUT2D eigenvalue weighted by atomic mass is 9.99. The van der Waals surface area contributed by atoms with Crippen LogP contribution in [0.4, 0.5) is 4.39 Å². The highest BCUT2D eigenvalue weighted by Crippen LogP contribution is 2.23. The fourth-order valence-corrected chi connectivity index (χ4v) is 4.53. The SMILES string of the molecule is CCCN1CCC(N2CCN(Cc3ccc(F)cc3)[C@@H](CCO)C2)CC1. The molecule has 5 heteroatoms. The molecule has 0 aliphatic carbocycles. The van der Waals surface area contributed by atoms with E-state index in [0.717, 1.165) is 38.2 Å². The molecule has 1 aromatic rings. The fraction of sp³-hybridized carbons (Fsp3) is 0.714. The number of benzene rings is 1. The Morgan fingerprint density at radius 3 is 2.46 bits per heavy atom. The Hall–Kier alpha value is -1.01. The molecular weight excluding hydrogens is 329 g/mol. The number of aliphatic hydroxyl groups is 1. The van der Waals surface area contributed by atoms with Gasteiger partial charge in [0, 0.05) is 44.9 Å². The lowest BCUT2D eigenvalue weighted by molar-refractivity contribution is 0.0132. The summed E-state index contributed by atoms with van der Waals surface area (Å²) in [6.45, 7) is 10.2. The summed E-state index contributed by atoms with van der Waals surface area (Å²) in [7, 11) is 0. The van der Waals surface area contributed by atoms with Gasteiger partial charge in [-0.15, -0.1) is 0 Å². The highest BCUT2D eigenvalue weighted by molar-refractivity contribution is 5.16. The summed E-state index contributed by atoms with van der Waals surface area (Å²) < 4.78 is 13.1. The van der Waals surface area contributed by atoms with Crippen LogP contribution in [0.25, 0.3) is 0 Å². The van der Waals surface area contributed by atoms with Gasteiger partial charge in [-0.25, -0.2) is 4.39 Å². The van der Waals surface area contributed by atoms with Gasteiger partial charge in [-0.1, -0.05) is 19.1 Å². The van der Waals surface area contributed by atoms with E-state index >= 15 is 0 Å². The molecule has 0 radical (unpaired) electrons. The van der Waals surface area contributed by atoms with Gasteiger partial charge in [-0.05, 0) is 63.0 Å². The van der Waals surface area contributed by atoms with Crippen molar-refractivity contribution in [2.24, 2.45) is 0 Å². The van der Waals surface area contributed by atoms with E-state index in [1.165, 1.54) is 51.0 Å². The number of hydrogen-bond donors (Lipinski definition) is 1. The van der Waals surface area contributed by atoms with Crippen molar-refractivity contribution in [2.75, 3.05) is 45.9 Å². The molecule has 2 saturated heterocycles. The number of rotatable bonds is 7. The van der Waals surface area contributed by atoms with E-state index in [0.29, 0.717) is 12.1 Å². The van der Waals surface area contributed by atoms with Crippen molar-refractivity contribution in [1.82, 2.24) is 14.7 Å². The zero-order valence-corrected chi connectivity index (χ0v) is 16.1. The second-order valence-corrected chi connectivity index (χ2v) is 7.83. The van der Waals surface area contributed by atoms with Crippen LogP contribution in [0.3, 0.4) is 0 Å². The minimum atomic E-state index is -0.181. The minimum absolute atomic E-state index is 0.181. The van der Waals surface area contributed by atoms with Crippen molar-refractivity contribution in [1.29, 1.82) is 0 Å². The largest absolute Gasteiger partial charge is 0.396 e. The first-order valence-electron chi connectivity index (χ1n) is 10.3. The van der Waals surface area contributed by atoms with Gasteiger partial charge in [0.05, 0.1) is 0 Å². The van der Waals surface area contributed by atoms with Crippen molar-refractivity contribution in [3.05, 3.63) is 35.6 Å². The van der Waals surface area contributed by atoms with Crippen LogP contribution >= 0.6 is 0 Å². The van der Waals surface area contributed by atoms with Crippen molar-refractivity contribution >= 4 is 0 Å². The van der Waals surface area contributed by atoms with Crippen LogP contribution in [0.5, 0.6) is 0 Å². The smallest absolute Gasteiger partial charge is 0.123 e.